The van der Waals surface area contributed by atoms with Crippen molar-refractivity contribution >= 4 is 33.2 Å². The highest BCUT2D eigenvalue weighted by Crippen LogP contribution is 2.28. The molecule has 25 heavy (non-hydrogen) atoms. The zero-order valence-electron chi connectivity index (χ0n) is 13.1. The first-order valence-corrected chi connectivity index (χ1v) is 9.44. The Morgan fingerprint density at radius 3 is 2.72 bits per heavy atom. The molecule has 0 unspecified atom stereocenters. The van der Waals surface area contributed by atoms with E-state index in [9.17, 15) is 4.39 Å². The minimum absolute atomic E-state index is 0.251. The minimum Gasteiger partial charge on any atom is -0.246 e. The molecule has 4 rings (SSSR count). The van der Waals surface area contributed by atoms with E-state index in [1.165, 1.54) is 17.7 Å². The van der Waals surface area contributed by atoms with Crippen LogP contribution < -0.4 is 0 Å². The van der Waals surface area contributed by atoms with Crippen molar-refractivity contribution in [2.75, 3.05) is 0 Å². The number of nitrogens with zero attached hydrogens (tertiary/aromatic N) is 3. The normalized spacial score (nSPS) is 11.1. The molecule has 2 aromatic heterocycles. The maximum atomic E-state index is 13.1. The summed E-state index contributed by atoms with van der Waals surface area (Å²) in [5.41, 5.74) is 3.86. The largest absolute Gasteiger partial charge is 0.246 e. The summed E-state index contributed by atoms with van der Waals surface area (Å²) in [5.74, 6) is 0.572. The molecule has 0 saturated carbocycles. The predicted octanol–water partition coefficient (Wildman–Crippen LogP) is 5.59. The van der Waals surface area contributed by atoms with Crippen molar-refractivity contribution in [2.45, 2.75) is 10.8 Å². The fourth-order valence-electron chi connectivity index (χ4n) is 2.55. The van der Waals surface area contributed by atoms with Gasteiger partial charge in [0.2, 0.25) is 0 Å². The van der Waals surface area contributed by atoms with Crippen molar-refractivity contribution in [3.63, 3.8) is 0 Å². The number of benzene rings is 2. The SMILES string of the molecule is Fc1ccc(-c2cc3c(SCc4cccc(Br)c4)nccn3n2)cc1. The van der Waals surface area contributed by atoms with Gasteiger partial charge in [0, 0.05) is 28.2 Å². The van der Waals surface area contributed by atoms with Crippen molar-refractivity contribution in [3.05, 3.63) is 82.8 Å². The van der Waals surface area contributed by atoms with Crippen LogP contribution in [0.1, 0.15) is 5.56 Å². The summed E-state index contributed by atoms with van der Waals surface area (Å²) in [6, 6.07) is 16.6. The van der Waals surface area contributed by atoms with Gasteiger partial charge in [0.15, 0.2) is 0 Å². The topological polar surface area (TPSA) is 30.2 Å². The molecule has 2 aromatic carbocycles. The van der Waals surface area contributed by atoms with Crippen LogP contribution in [0, 0.1) is 5.82 Å². The molecule has 0 aliphatic rings. The second-order valence-electron chi connectivity index (χ2n) is 5.52. The van der Waals surface area contributed by atoms with Gasteiger partial charge in [-0.2, -0.15) is 5.10 Å². The molecule has 0 bridgehead atoms. The highest BCUT2D eigenvalue weighted by molar-refractivity contribution is 9.10. The first-order valence-electron chi connectivity index (χ1n) is 7.66. The van der Waals surface area contributed by atoms with Crippen LogP contribution in [0.15, 0.2) is 76.5 Å². The van der Waals surface area contributed by atoms with Gasteiger partial charge >= 0.3 is 0 Å². The molecule has 0 saturated heterocycles. The lowest BCUT2D eigenvalue weighted by Gasteiger charge is -2.03. The summed E-state index contributed by atoms with van der Waals surface area (Å²) in [5, 5.41) is 5.50. The van der Waals surface area contributed by atoms with Gasteiger partial charge in [-0.05, 0) is 48.0 Å². The molecule has 0 fully saturated rings. The van der Waals surface area contributed by atoms with Crippen molar-refractivity contribution in [1.82, 2.24) is 14.6 Å². The van der Waals surface area contributed by atoms with E-state index < -0.39 is 0 Å². The molecular weight excluding hydrogens is 401 g/mol. The van der Waals surface area contributed by atoms with Crippen LogP contribution in [-0.4, -0.2) is 14.6 Å². The molecule has 6 heteroatoms. The molecule has 4 aromatic rings. The maximum absolute atomic E-state index is 13.1. The molecule has 0 amide bonds. The van der Waals surface area contributed by atoms with E-state index in [1.54, 1.807) is 30.1 Å². The summed E-state index contributed by atoms with van der Waals surface area (Å²) in [6.07, 6.45) is 3.57. The molecule has 0 aliphatic heterocycles. The summed E-state index contributed by atoms with van der Waals surface area (Å²) < 4.78 is 16.0. The number of hydrogen-bond acceptors (Lipinski definition) is 3. The molecule has 2 heterocycles. The van der Waals surface area contributed by atoms with Crippen molar-refractivity contribution in [3.8, 4) is 11.3 Å². The Bertz CT molecular complexity index is 1030. The fourth-order valence-corrected chi connectivity index (χ4v) is 3.91. The summed E-state index contributed by atoms with van der Waals surface area (Å²) in [7, 11) is 0. The van der Waals surface area contributed by atoms with Gasteiger partial charge in [0.05, 0.1) is 11.2 Å². The quantitative estimate of drug-likeness (QED) is 0.408. The van der Waals surface area contributed by atoms with E-state index in [2.05, 4.69) is 38.1 Å². The number of fused-ring (bicyclic) bond motifs is 1. The molecular formula is C19H13BrFN3S. The second kappa shape index (κ2) is 6.98. The van der Waals surface area contributed by atoms with E-state index in [0.29, 0.717) is 0 Å². The monoisotopic (exact) mass is 413 g/mol. The van der Waals surface area contributed by atoms with Gasteiger partial charge in [0.25, 0.3) is 0 Å². The van der Waals surface area contributed by atoms with Gasteiger partial charge in [0.1, 0.15) is 10.8 Å². The first kappa shape index (κ1) is 16.3. The minimum atomic E-state index is -0.251. The number of hydrogen-bond donors (Lipinski definition) is 0. The first-order chi connectivity index (χ1) is 12.2. The zero-order chi connectivity index (χ0) is 17.2. The number of thioether (sulfide) groups is 1. The van der Waals surface area contributed by atoms with Gasteiger partial charge in [-0.15, -0.1) is 0 Å². The molecule has 0 atom stereocenters. The van der Waals surface area contributed by atoms with E-state index in [4.69, 9.17) is 0 Å². The van der Waals surface area contributed by atoms with Crippen molar-refractivity contribution in [1.29, 1.82) is 0 Å². The fraction of sp³-hybridized carbons (Fsp3) is 0.0526. The van der Waals surface area contributed by atoms with Crippen LogP contribution in [0.5, 0.6) is 0 Å². The van der Waals surface area contributed by atoms with E-state index >= 15 is 0 Å². The second-order valence-corrected chi connectivity index (χ2v) is 7.40. The lowest BCUT2D eigenvalue weighted by atomic mass is 10.1. The lowest BCUT2D eigenvalue weighted by molar-refractivity contribution is 0.628. The van der Waals surface area contributed by atoms with Gasteiger partial charge in [-0.25, -0.2) is 13.9 Å². The Balaban J connectivity index is 1.64. The standard InChI is InChI=1S/C19H13BrFN3S/c20-15-3-1-2-13(10-15)12-25-19-18-11-17(23-24(18)9-8-22-19)14-4-6-16(21)7-5-14/h1-11H,12H2. The van der Waals surface area contributed by atoms with E-state index in [0.717, 1.165) is 32.0 Å². The Hall–Kier alpha value is -2.18. The highest BCUT2D eigenvalue weighted by atomic mass is 79.9. The Morgan fingerprint density at radius 2 is 1.92 bits per heavy atom. The van der Waals surface area contributed by atoms with Crippen LogP contribution in [0.3, 0.4) is 0 Å². The molecule has 0 radical (unpaired) electrons. The molecule has 0 N–H and O–H groups in total. The van der Waals surface area contributed by atoms with Gasteiger partial charge in [-0.3, -0.25) is 0 Å². The zero-order valence-corrected chi connectivity index (χ0v) is 15.5. The number of halogens is 2. The van der Waals surface area contributed by atoms with E-state index in [1.807, 2.05) is 28.9 Å². The third kappa shape index (κ3) is 3.60. The average Bonchev–Trinajstić information content (AvgIpc) is 3.05. The Morgan fingerprint density at radius 1 is 1.08 bits per heavy atom. The molecule has 124 valence electrons. The highest BCUT2D eigenvalue weighted by Gasteiger charge is 2.10. The van der Waals surface area contributed by atoms with Crippen LogP contribution >= 0.6 is 27.7 Å². The Kier molecular flexibility index (Phi) is 4.55. The van der Waals surface area contributed by atoms with E-state index in [-0.39, 0.29) is 5.82 Å². The lowest BCUT2D eigenvalue weighted by Crippen LogP contribution is -1.91. The van der Waals surface area contributed by atoms with Crippen LogP contribution in [0.25, 0.3) is 16.8 Å². The predicted molar refractivity (Wildman–Crippen MR) is 102 cm³/mol. The summed E-state index contributed by atoms with van der Waals surface area (Å²) >= 11 is 5.17. The van der Waals surface area contributed by atoms with Gasteiger partial charge in [-0.1, -0.05) is 39.8 Å². The van der Waals surface area contributed by atoms with Gasteiger partial charge < -0.3 is 0 Å². The Labute approximate surface area is 157 Å². The maximum Gasteiger partial charge on any atom is 0.123 e. The molecule has 0 aliphatic carbocycles. The van der Waals surface area contributed by atoms with Crippen molar-refractivity contribution < 1.29 is 4.39 Å². The number of aromatic nitrogens is 3. The summed E-state index contributed by atoms with van der Waals surface area (Å²) in [4.78, 5) is 4.50. The smallest absolute Gasteiger partial charge is 0.123 e. The molecule has 3 nitrogen and oxygen atoms in total. The van der Waals surface area contributed by atoms with Crippen LogP contribution in [-0.2, 0) is 5.75 Å². The van der Waals surface area contributed by atoms with Crippen LogP contribution in [0.2, 0.25) is 0 Å². The van der Waals surface area contributed by atoms with Crippen molar-refractivity contribution in [2.24, 2.45) is 0 Å². The third-order valence-electron chi connectivity index (χ3n) is 3.76. The van der Waals surface area contributed by atoms with Crippen LogP contribution in [0.4, 0.5) is 4.39 Å². The number of rotatable bonds is 4. The third-order valence-corrected chi connectivity index (χ3v) is 5.32. The summed E-state index contributed by atoms with van der Waals surface area (Å²) in [6.45, 7) is 0. The average molecular weight is 414 g/mol. The molecule has 0 spiro atoms.